The number of ether oxygens (including phenoxy) is 1. The number of carbonyl (C=O) groups is 1. The maximum absolute atomic E-state index is 13.5. The first kappa shape index (κ1) is 21.4. The first-order valence-corrected chi connectivity index (χ1v) is 10.4. The van der Waals surface area contributed by atoms with Crippen molar-refractivity contribution in [2.45, 2.75) is 32.2 Å². The normalized spacial score (nSPS) is 12.2. The van der Waals surface area contributed by atoms with Crippen LogP contribution in [-0.2, 0) is 29.5 Å². The zero-order valence-electron chi connectivity index (χ0n) is 18.3. The van der Waals surface area contributed by atoms with Gasteiger partial charge in [0, 0.05) is 48.5 Å². The van der Waals surface area contributed by atoms with Gasteiger partial charge in [-0.2, -0.15) is 5.10 Å². The number of para-hydroxylation sites is 1. The largest absolute Gasteiger partial charge is 0.507 e. The predicted molar refractivity (Wildman–Crippen MR) is 121 cm³/mol. The van der Waals surface area contributed by atoms with E-state index in [-0.39, 0.29) is 23.3 Å². The fourth-order valence-corrected chi connectivity index (χ4v) is 4.20. The minimum absolute atomic E-state index is 0.0729. The molecule has 0 amide bonds. The van der Waals surface area contributed by atoms with Gasteiger partial charge in [0.15, 0.2) is 0 Å². The molecule has 1 aromatic carbocycles. The highest BCUT2D eigenvalue weighted by atomic mass is 16.5. The van der Waals surface area contributed by atoms with Crippen LogP contribution < -0.4 is 5.56 Å². The molecule has 0 bridgehead atoms. The first-order chi connectivity index (χ1) is 15.4. The first-order valence-electron chi connectivity index (χ1n) is 10.4. The number of aromatic amines is 1. The molecule has 0 saturated carbocycles. The van der Waals surface area contributed by atoms with Crippen LogP contribution in [0.2, 0.25) is 0 Å². The fourth-order valence-electron chi connectivity index (χ4n) is 4.20. The molecule has 2 N–H and O–H groups in total. The molecule has 4 aromatic rings. The Morgan fingerprint density at radius 2 is 2.09 bits per heavy atom. The Bertz CT molecular complexity index is 1330. The van der Waals surface area contributed by atoms with Crippen LogP contribution in [0.3, 0.4) is 0 Å². The van der Waals surface area contributed by atoms with Crippen LogP contribution >= 0.6 is 0 Å². The van der Waals surface area contributed by atoms with E-state index in [1.807, 2.05) is 30.5 Å². The topological polar surface area (TPSA) is 102 Å². The summed E-state index contributed by atoms with van der Waals surface area (Å²) in [6, 6.07) is 9.60. The van der Waals surface area contributed by atoms with Crippen molar-refractivity contribution in [1.29, 1.82) is 0 Å². The van der Waals surface area contributed by atoms with E-state index in [4.69, 9.17) is 4.74 Å². The van der Waals surface area contributed by atoms with Gasteiger partial charge >= 0.3 is 5.97 Å². The number of aryl methyl sites for hydroxylation is 3. The molecule has 1 atom stereocenters. The lowest BCUT2D eigenvalue weighted by atomic mass is 9.90. The second-order valence-electron chi connectivity index (χ2n) is 7.93. The van der Waals surface area contributed by atoms with Gasteiger partial charge in [0.1, 0.15) is 5.75 Å². The van der Waals surface area contributed by atoms with E-state index in [1.165, 1.54) is 7.11 Å². The molecule has 0 aliphatic rings. The molecule has 8 heteroatoms. The maximum atomic E-state index is 13.5. The van der Waals surface area contributed by atoms with E-state index in [0.29, 0.717) is 24.2 Å². The fraction of sp³-hybridized carbons (Fsp3) is 0.292. The number of nitrogens with zero attached hydrogens (tertiary/aromatic N) is 3. The van der Waals surface area contributed by atoms with E-state index in [2.05, 4.69) is 10.1 Å². The Labute approximate surface area is 185 Å². The number of hydrogen-bond acceptors (Lipinski definition) is 5. The number of pyridine rings is 1. The smallest absolute Gasteiger partial charge is 0.306 e. The van der Waals surface area contributed by atoms with Crippen molar-refractivity contribution in [3.8, 4) is 5.75 Å². The van der Waals surface area contributed by atoms with Crippen LogP contribution in [-0.4, -0.2) is 37.5 Å². The predicted octanol–water partition coefficient (Wildman–Crippen LogP) is 3.01. The lowest BCUT2D eigenvalue weighted by Crippen LogP contribution is -2.29. The van der Waals surface area contributed by atoms with Crippen LogP contribution in [0.4, 0.5) is 0 Å². The minimum atomic E-state index is -0.663. The highest BCUT2D eigenvalue weighted by molar-refractivity contribution is 5.83. The Morgan fingerprint density at radius 3 is 2.81 bits per heavy atom. The Hall–Kier alpha value is -3.81. The van der Waals surface area contributed by atoms with Crippen molar-refractivity contribution < 1.29 is 14.6 Å². The van der Waals surface area contributed by atoms with Crippen LogP contribution in [0.1, 0.15) is 34.7 Å². The third-order valence-electron chi connectivity index (χ3n) is 5.88. The van der Waals surface area contributed by atoms with Gasteiger partial charge in [-0.3, -0.25) is 14.3 Å². The molecule has 0 saturated heterocycles. The second kappa shape index (κ2) is 8.74. The summed E-state index contributed by atoms with van der Waals surface area (Å²) in [5.41, 5.74) is 3.33. The highest BCUT2D eigenvalue weighted by Crippen LogP contribution is 2.32. The zero-order chi connectivity index (χ0) is 22.8. The lowest BCUT2D eigenvalue weighted by molar-refractivity contribution is -0.140. The van der Waals surface area contributed by atoms with Gasteiger partial charge in [0.25, 0.3) is 5.56 Å². The number of H-pyrrole nitrogens is 1. The van der Waals surface area contributed by atoms with Crippen LogP contribution in [0, 0.1) is 6.92 Å². The summed E-state index contributed by atoms with van der Waals surface area (Å²) in [4.78, 5) is 28.9. The van der Waals surface area contributed by atoms with E-state index < -0.39 is 11.9 Å². The van der Waals surface area contributed by atoms with E-state index in [9.17, 15) is 14.7 Å². The van der Waals surface area contributed by atoms with Crippen molar-refractivity contribution in [3.63, 3.8) is 0 Å². The number of aromatic nitrogens is 4. The Balaban J connectivity index is 1.73. The van der Waals surface area contributed by atoms with Gasteiger partial charge in [-0.25, -0.2) is 0 Å². The van der Waals surface area contributed by atoms with Crippen molar-refractivity contribution >= 4 is 16.9 Å². The van der Waals surface area contributed by atoms with Gasteiger partial charge in [-0.1, -0.05) is 18.2 Å². The third-order valence-corrected chi connectivity index (χ3v) is 5.88. The van der Waals surface area contributed by atoms with Gasteiger partial charge in [0.2, 0.25) is 0 Å². The summed E-state index contributed by atoms with van der Waals surface area (Å²) in [6.45, 7) is 2.23. The average Bonchev–Trinajstić information content (AvgIpc) is 3.38. The molecule has 0 aliphatic heterocycles. The third kappa shape index (κ3) is 4.03. The molecule has 0 aliphatic carbocycles. The summed E-state index contributed by atoms with van der Waals surface area (Å²) in [5.74, 6) is -1.26. The number of aromatic hydroxyl groups is 1. The Kier molecular flexibility index (Phi) is 5.85. The van der Waals surface area contributed by atoms with Crippen LogP contribution in [0.15, 0.2) is 53.7 Å². The summed E-state index contributed by atoms with van der Waals surface area (Å²) >= 11 is 0. The Morgan fingerprint density at radius 1 is 1.31 bits per heavy atom. The quantitative estimate of drug-likeness (QED) is 0.436. The van der Waals surface area contributed by atoms with Gasteiger partial charge in [-0.05, 0) is 36.6 Å². The monoisotopic (exact) mass is 434 g/mol. The van der Waals surface area contributed by atoms with Crippen molar-refractivity contribution in [3.05, 3.63) is 81.7 Å². The minimum Gasteiger partial charge on any atom is -0.507 e. The molecule has 0 fully saturated rings. The van der Waals surface area contributed by atoms with Gasteiger partial charge in [0.05, 0.1) is 25.3 Å². The van der Waals surface area contributed by atoms with E-state index in [0.717, 1.165) is 16.5 Å². The lowest BCUT2D eigenvalue weighted by Gasteiger charge is -2.19. The molecular formula is C24H26N4O4. The number of fused-ring (bicyclic) bond motifs is 1. The van der Waals surface area contributed by atoms with Crippen molar-refractivity contribution in [2.75, 3.05) is 7.11 Å². The van der Waals surface area contributed by atoms with E-state index in [1.54, 1.807) is 41.7 Å². The standard InChI is InChI=1S/C24H26N4O4/c1-15-10-21(29)23(19(11-22(30)32-3)17-13-26-27(2)14-17)24(31)28(15)9-8-16-12-25-20-7-5-4-6-18(16)20/h4-7,10,12-14,19,25,29H,8-9,11H2,1-3H3/t19-/m1/s1. The SMILES string of the molecule is COC(=O)C[C@H](c1cnn(C)c1)c1c(O)cc(C)n(CCc2c[nH]c3ccccc23)c1=O. The number of carbonyl (C=O) groups excluding carboxylic acids is 1. The molecule has 8 nitrogen and oxygen atoms in total. The molecule has 3 heterocycles. The number of esters is 1. The zero-order valence-corrected chi connectivity index (χ0v) is 18.3. The number of nitrogens with one attached hydrogen (secondary N) is 1. The molecule has 0 unspecified atom stereocenters. The summed E-state index contributed by atoms with van der Waals surface area (Å²) < 4.78 is 8.09. The maximum Gasteiger partial charge on any atom is 0.306 e. The average molecular weight is 434 g/mol. The van der Waals surface area contributed by atoms with Gasteiger partial charge < -0.3 is 19.4 Å². The number of benzene rings is 1. The number of rotatable bonds is 7. The summed E-state index contributed by atoms with van der Waals surface area (Å²) in [6.07, 6.45) is 5.87. The summed E-state index contributed by atoms with van der Waals surface area (Å²) in [5, 5.41) is 16.0. The van der Waals surface area contributed by atoms with Crippen LogP contribution in [0.5, 0.6) is 5.75 Å². The second-order valence-corrected chi connectivity index (χ2v) is 7.93. The highest BCUT2D eigenvalue weighted by Gasteiger charge is 2.27. The molecule has 3 aromatic heterocycles. The molecular weight excluding hydrogens is 408 g/mol. The molecule has 32 heavy (non-hydrogen) atoms. The molecule has 166 valence electrons. The molecule has 4 rings (SSSR count). The molecule has 0 spiro atoms. The molecule has 0 radical (unpaired) electrons. The van der Waals surface area contributed by atoms with E-state index >= 15 is 0 Å². The van der Waals surface area contributed by atoms with Crippen molar-refractivity contribution in [1.82, 2.24) is 19.3 Å². The number of hydrogen-bond donors (Lipinski definition) is 2. The number of methoxy groups -OCH3 is 1. The van der Waals surface area contributed by atoms with Gasteiger partial charge in [-0.15, -0.1) is 0 Å². The summed E-state index contributed by atoms with van der Waals surface area (Å²) in [7, 11) is 3.06. The van der Waals surface area contributed by atoms with Crippen molar-refractivity contribution in [2.24, 2.45) is 7.05 Å². The van der Waals surface area contributed by atoms with Crippen LogP contribution in [0.25, 0.3) is 10.9 Å².